The van der Waals surface area contributed by atoms with Crippen LogP contribution in [0, 0.1) is 0 Å². The zero-order valence-corrected chi connectivity index (χ0v) is 16.9. The van der Waals surface area contributed by atoms with E-state index in [0.29, 0.717) is 25.3 Å². The largest absolute Gasteiger partial charge is 0.505 e. The number of nitrogens with zero attached hydrogens (tertiary/aromatic N) is 1. The van der Waals surface area contributed by atoms with Crippen molar-refractivity contribution in [3.63, 3.8) is 0 Å². The quantitative estimate of drug-likeness (QED) is 0.134. The minimum atomic E-state index is -1.42. The first-order valence-electron chi connectivity index (χ1n) is 8.35. The van der Waals surface area contributed by atoms with Crippen molar-refractivity contribution in [1.82, 2.24) is 0 Å². The molecular formula is C17H23BrFN3O7. The molecule has 0 unspecified atom stereocenters. The molecule has 1 aromatic carbocycles. The van der Waals surface area contributed by atoms with Crippen LogP contribution in [0.15, 0.2) is 39.2 Å². The maximum Gasteiger partial charge on any atom is 0.377 e. The summed E-state index contributed by atoms with van der Waals surface area (Å²) >= 11 is 3.38. The molecule has 162 valence electrons. The Morgan fingerprint density at radius 2 is 2.07 bits per heavy atom. The Morgan fingerprint density at radius 3 is 2.55 bits per heavy atom. The van der Waals surface area contributed by atoms with Gasteiger partial charge in [-0.25, -0.2) is 9.79 Å². The Labute approximate surface area is 174 Å². The smallest absolute Gasteiger partial charge is 0.377 e. The summed E-state index contributed by atoms with van der Waals surface area (Å²) in [5.74, 6) is -2.03. The van der Waals surface area contributed by atoms with Gasteiger partial charge in [-0.05, 0) is 33.6 Å². The summed E-state index contributed by atoms with van der Waals surface area (Å²) in [4.78, 5) is 14.4. The van der Waals surface area contributed by atoms with Gasteiger partial charge in [0, 0.05) is 6.42 Å². The predicted molar refractivity (Wildman–Crippen MR) is 105 cm³/mol. The number of aliphatic imine (C=N–C) groups is 1. The molecule has 0 aromatic heterocycles. The van der Waals surface area contributed by atoms with Gasteiger partial charge in [0.25, 0.3) is 0 Å². The number of hydrogen-bond donors (Lipinski definition) is 6. The van der Waals surface area contributed by atoms with E-state index >= 15 is 0 Å². The number of carbonyl (C=O) groups is 1. The van der Waals surface area contributed by atoms with Gasteiger partial charge >= 0.3 is 5.97 Å². The first kappa shape index (κ1) is 24.5. The fraction of sp³-hybridized carbons (Fsp3) is 0.412. The third-order valence-electron chi connectivity index (χ3n) is 3.45. The van der Waals surface area contributed by atoms with Gasteiger partial charge in [-0.1, -0.05) is 6.07 Å². The molecule has 12 heteroatoms. The van der Waals surface area contributed by atoms with Crippen LogP contribution in [0.25, 0.3) is 0 Å². The average molecular weight is 479 g/mol. The number of aliphatic hydroxyl groups excluding tert-OH is 4. The Morgan fingerprint density at radius 1 is 1.38 bits per heavy atom. The van der Waals surface area contributed by atoms with E-state index in [1.54, 1.807) is 6.07 Å². The first-order valence-corrected chi connectivity index (χ1v) is 9.15. The lowest BCUT2D eigenvalue weighted by molar-refractivity contribution is -0.147. The molecule has 0 aliphatic carbocycles. The lowest BCUT2D eigenvalue weighted by atomic mass is 10.2. The summed E-state index contributed by atoms with van der Waals surface area (Å²) in [6.45, 7) is -0.260. The molecule has 0 saturated carbocycles. The molecule has 1 heterocycles. The van der Waals surface area contributed by atoms with Crippen molar-refractivity contribution in [3.05, 3.63) is 39.8 Å². The van der Waals surface area contributed by atoms with Gasteiger partial charge in [-0.2, -0.15) is 0 Å². The molecule has 10 nitrogen and oxygen atoms in total. The molecule has 2 atom stereocenters. The molecule has 2 rings (SSSR count). The van der Waals surface area contributed by atoms with Gasteiger partial charge in [-0.3, -0.25) is 4.39 Å². The molecule has 0 spiro atoms. The fourth-order valence-corrected chi connectivity index (χ4v) is 2.54. The van der Waals surface area contributed by atoms with E-state index < -0.39 is 36.3 Å². The van der Waals surface area contributed by atoms with Gasteiger partial charge in [0.2, 0.25) is 5.76 Å². The van der Waals surface area contributed by atoms with Crippen molar-refractivity contribution in [1.29, 1.82) is 0 Å². The third-order valence-corrected chi connectivity index (χ3v) is 4.07. The zero-order chi connectivity index (χ0) is 22.0. The van der Waals surface area contributed by atoms with Crippen LogP contribution in [-0.4, -0.2) is 64.5 Å². The SMILES string of the molecule is NC(N)=NCc1ccc(OCCC[18F])c(Br)c1.O=C1O[C@H]([C@@H](O)CO)C(O)=C1O. The number of alkyl halides is 1. The predicted octanol–water partition coefficient (Wildman–Crippen LogP) is 0.553. The van der Waals surface area contributed by atoms with Gasteiger partial charge in [0.15, 0.2) is 17.8 Å². The Bertz CT molecular complexity index is 757. The van der Waals surface area contributed by atoms with Crippen molar-refractivity contribution in [3.8, 4) is 5.75 Å². The van der Waals surface area contributed by atoms with E-state index in [0.717, 1.165) is 10.0 Å². The van der Waals surface area contributed by atoms with Crippen LogP contribution in [0.1, 0.15) is 12.0 Å². The summed E-state index contributed by atoms with van der Waals surface area (Å²) < 4.78 is 22.4. The summed E-state index contributed by atoms with van der Waals surface area (Å²) in [5, 5.41) is 35.0. The molecule has 8 N–H and O–H groups in total. The number of benzene rings is 1. The van der Waals surface area contributed by atoms with Crippen molar-refractivity contribution in [2.24, 2.45) is 16.5 Å². The zero-order valence-electron chi connectivity index (χ0n) is 15.3. The number of carbonyl (C=O) groups excluding carboxylic acids is 1. The average Bonchev–Trinajstić information content (AvgIpc) is 2.95. The monoisotopic (exact) mass is 478 g/mol. The number of hydrogen-bond acceptors (Lipinski definition) is 8. The highest BCUT2D eigenvalue weighted by molar-refractivity contribution is 9.10. The molecule has 1 aliphatic rings. The van der Waals surface area contributed by atoms with Crippen molar-refractivity contribution < 1.29 is 39.1 Å². The molecule has 29 heavy (non-hydrogen) atoms. The van der Waals surface area contributed by atoms with Crippen LogP contribution >= 0.6 is 15.9 Å². The number of guanidine groups is 1. The van der Waals surface area contributed by atoms with Crippen LogP contribution in [0.3, 0.4) is 0 Å². The number of nitrogens with two attached hydrogens (primary N) is 2. The Balaban J connectivity index is 0.000000308. The van der Waals surface area contributed by atoms with E-state index in [-0.39, 0.29) is 12.6 Å². The van der Waals surface area contributed by atoms with Gasteiger partial charge < -0.3 is 41.4 Å². The summed E-state index contributed by atoms with van der Waals surface area (Å²) in [5.41, 5.74) is 11.5. The number of rotatable bonds is 8. The van der Waals surface area contributed by atoms with E-state index in [9.17, 15) is 9.18 Å². The molecule has 0 amide bonds. The van der Waals surface area contributed by atoms with Gasteiger partial charge in [0.1, 0.15) is 11.9 Å². The van der Waals surface area contributed by atoms with Crippen LogP contribution in [-0.2, 0) is 16.1 Å². The van der Waals surface area contributed by atoms with Crippen LogP contribution in [0.5, 0.6) is 5.75 Å². The van der Waals surface area contributed by atoms with Crippen LogP contribution in [0.2, 0.25) is 0 Å². The van der Waals surface area contributed by atoms with Crippen molar-refractivity contribution in [2.75, 3.05) is 19.9 Å². The Kier molecular flexibility index (Phi) is 10.2. The summed E-state index contributed by atoms with van der Waals surface area (Å²) in [6, 6.07) is 5.54. The number of aliphatic hydroxyl groups is 4. The van der Waals surface area contributed by atoms with E-state index in [4.69, 9.17) is 36.6 Å². The van der Waals surface area contributed by atoms with Crippen LogP contribution in [0.4, 0.5) is 4.39 Å². The first-order chi connectivity index (χ1) is 13.7. The van der Waals surface area contributed by atoms with E-state index in [2.05, 4.69) is 25.7 Å². The second kappa shape index (κ2) is 12.1. The molecule has 0 radical (unpaired) electrons. The lowest BCUT2D eigenvalue weighted by Crippen LogP contribution is -2.31. The molecule has 1 aliphatic heterocycles. The second-order valence-corrected chi connectivity index (χ2v) is 6.56. The maximum absolute atomic E-state index is 11.9. The van der Waals surface area contributed by atoms with Gasteiger partial charge in [-0.15, -0.1) is 0 Å². The molecule has 1 aromatic rings. The minimum absolute atomic E-state index is 0.0596. The highest BCUT2D eigenvalue weighted by Gasteiger charge is 2.38. The molecule has 0 saturated heterocycles. The van der Waals surface area contributed by atoms with Gasteiger partial charge in [0.05, 0.1) is 30.9 Å². The van der Waals surface area contributed by atoms with Crippen LogP contribution < -0.4 is 16.2 Å². The number of esters is 1. The summed E-state index contributed by atoms with van der Waals surface area (Å²) in [6.07, 6.45) is -2.39. The second-order valence-electron chi connectivity index (χ2n) is 5.71. The highest BCUT2D eigenvalue weighted by Crippen LogP contribution is 2.26. The number of cyclic esters (lactones) is 1. The number of halogens is 2. The topological polar surface area (TPSA) is 181 Å². The molecule has 0 bridgehead atoms. The highest BCUT2D eigenvalue weighted by atomic mass is 79.9. The molecular weight excluding hydrogens is 456 g/mol. The standard InChI is InChI=1S/C11H15BrFN3O.C6H8O6/c12-9-6-8(7-16-11(14)15)2-3-10(9)17-5-1-4-13;7-1-2(8)5-3(9)4(10)6(11)12-5/h2-3,6H,1,4-5,7H2,(H4,14,15,16);2,5,7-10H,1H2/t;2-,5+/m.0/s1/i13-1;. The third kappa shape index (κ3) is 7.75. The van der Waals surface area contributed by atoms with Crippen molar-refractivity contribution >= 4 is 27.9 Å². The molecule has 0 fully saturated rings. The van der Waals surface area contributed by atoms with E-state index in [1.165, 1.54) is 0 Å². The lowest BCUT2D eigenvalue weighted by Gasteiger charge is -2.13. The normalized spacial score (nSPS) is 16.6. The summed E-state index contributed by atoms with van der Waals surface area (Å²) in [7, 11) is 0. The van der Waals surface area contributed by atoms with Crippen molar-refractivity contribution in [2.45, 2.75) is 25.2 Å². The maximum atomic E-state index is 11.9. The Hall–Kier alpha value is -2.57. The fourth-order valence-electron chi connectivity index (χ4n) is 2.00. The van der Waals surface area contributed by atoms with E-state index in [1.807, 2.05) is 12.1 Å². The minimum Gasteiger partial charge on any atom is -0.505 e. The number of ether oxygens (including phenoxy) is 2.